The van der Waals surface area contributed by atoms with E-state index in [0.717, 1.165) is 11.3 Å². The molecule has 0 unspecified atom stereocenters. The first-order valence-corrected chi connectivity index (χ1v) is 13.8. The number of nitrogens with zero attached hydrogens (tertiary/aromatic N) is 6. The SMILES string of the molecule is CCOC(=O)COc1nc(Oc2cc(C#N)ccc2C(C)(C)C)nc(Oc2cc(C3=NCCN3)cc(N(C)C)c2)c1[N+](=O)[O-]. The van der Waals surface area contributed by atoms with E-state index in [4.69, 9.17) is 18.9 Å². The van der Waals surface area contributed by atoms with Crippen molar-refractivity contribution in [3.05, 3.63) is 63.2 Å². The normalized spacial score (nSPS) is 12.4. The zero-order valence-electron chi connectivity index (χ0n) is 25.3. The minimum Gasteiger partial charge on any atom is -0.463 e. The Bertz CT molecular complexity index is 1640. The lowest BCUT2D eigenvalue weighted by Crippen LogP contribution is -2.20. The number of benzene rings is 2. The fraction of sp³-hybridized carbons (Fsp3) is 0.367. The van der Waals surface area contributed by atoms with Gasteiger partial charge >= 0.3 is 29.4 Å². The molecule has 3 aromatic rings. The fourth-order valence-corrected chi connectivity index (χ4v) is 4.23. The summed E-state index contributed by atoms with van der Waals surface area (Å²) in [5.41, 5.74) is 1.36. The van der Waals surface area contributed by atoms with Gasteiger partial charge in [-0.15, -0.1) is 0 Å². The Hall–Kier alpha value is -5.45. The summed E-state index contributed by atoms with van der Waals surface area (Å²) in [5.74, 6) is -0.678. The van der Waals surface area contributed by atoms with Crippen LogP contribution in [-0.2, 0) is 14.9 Å². The predicted molar refractivity (Wildman–Crippen MR) is 161 cm³/mol. The Balaban J connectivity index is 1.85. The first kappa shape index (κ1) is 31.5. The summed E-state index contributed by atoms with van der Waals surface area (Å²) < 4.78 is 22.5. The third-order valence-electron chi connectivity index (χ3n) is 6.30. The Morgan fingerprint density at radius 3 is 2.50 bits per heavy atom. The molecule has 0 saturated carbocycles. The minimum atomic E-state index is -0.768. The number of aromatic nitrogens is 2. The van der Waals surface area contributed by atoms with Crippen LogP contribution in [-0.4, -0.2) is 67.1 Å². The van der Waals surface area contributed by atoms with Crippen LogP contribution in [0.25, 0.3) is 0 Å². The van der Waals surface area contributed by atoms with Crippen LogP contribution in [0.1, 0.15) is 44.4 Å². The van der Waals surface area contributed by atoms with Crippen LogP contribution in [0.4, 0.5) is 11.4 Å². The summed E-state index contributed by atoms with van der Waals surface area (Å²) in [6.07, 6.45) is 0. The van der Waals surface area contributed by atoms with Crippen LogP contribution < -0.4 is 24.4 Å². The number of nitrogens with one attached hydrogen (secondary N) is 1. The molecule has 0 radical (unpaired) electrons. The van der Waals surface area contributed by atoms with Gasteiger partial charge in [-0.05, 0) is 36.6 Å². The molecule has 1 N–H and O–H groups in total. The van der Waals surface area contributed by atoms with E-state index < -0.39 is 40.4 Å². The van der Waals surface area contributed by atoms with Crippen LogP contribution in [0, 0.1) is 21.4 Å². The standard InChI is InChI=1S/C30H33N7O7/c1-7-41-24(38)17-42-27-25(37(39)40)28(43-21-14-19(26-32-10-11-33-26)13-20(15-21)36(5)6)35-29(34-27)44-23-12-18(16-31)8-9-22(23)30(2,3)4/h8-9,12-15H,7,10-11,17H2,1-6H3,(H,32,33). The number of hydrogen-bond donors (Lipinski definition) is 1. The van der Waals surface area contributed by atoms with E-state index in [-0.39, 0.29) is 24.1 Å². The van der Waals surface area contributed by atoms with Crippen LogP contribution in [0.3, 0.4) is 0 Å². The molecule has 1 aromatic heterocycles. The van der Waals surface area contributed by atoms with Gasteiger partial charge in [0.15, 0.2) is 6.61 Å². The second kappa shape index (κ2) is 13.2. The topological polar surface area (TPSA) is 174 Å². The third kappa shape index (κ3) is 7.49. The zero-order valence-corrected chi connectivity index (χ0v) is 25.3. The van der Waals surface area contributed by atoms with Crippen molar-refractivity contribution in [1.29, 1.82) is 5.26 Å². The number of hydrogen-bond acceptors (Lipinski definition) is 13. The van der Waals surface area contributed by atoms with Crippen molar-refractivity contribution in [3.8, 4) is 35.3 Å². The predicted octanol–water partition coefficient (Wildman–Crippen LogP) is 4.50. The van der Waals surface area contributed by atoms with E-state index in [9.17, 15) is 20.2 Å². The molecular weight excluding hydrogens is 570 g/mol. The van der Waals surface area contributed by atoms with Gasteiger partial charge in [0, 0.05) is 43.5 Å². The highest BCUT2D eigenvalue weighted by Gasteiger charge is 2.31. The number of amidine groups is 1. The average Bonchev–Trinajstić information content (AvgIpc) is 3.50. The van der Waals surface area contributed by atoms with Crippen LogP contribution in [0.2, 0.25) is 0 Å². The largest absolute Gasteiger partial charge is 0.463 e. The molecule has 1 aliphatic heterocycles. The lowest BCUT2D eigenvalue weighted by Gasteiger charge is -2.22. The van der Waals surface area contributed by atoms with E-state index in [1.165, 1.54) is 6.07 Å². The average molecular weight is 604 g/mol. The maximum atomic E-state index is 12.3. The van der Waals surface area contributed by atoms with E-state index >= 15 is 0 Å². The molecule has 230 valence electrons. The highest BCUT2D eigenvalue weighted by Crippen LogP contribution is 2.41. The summed E-state index contributed by atoms with van der Waals surface area (Å²) in [7, 11) is 3.69. The van der Waals surface area contributed by atoms with Crippen LogP contribution in [0.15, 0.2) is 41.4 Å². The summed E-state index contributed by atoms with van der Waals surface area (Å²) in [5, 5.41) is 25.0. The van der Waals surface area contributed by atoms with Gasteiger partial charge in [-0.1, -0.05) is 26.8 Å². The highest BCUT2D eigenvalue weighted by molar-refractivity contribution is 6.01. The zero-order chi connectivity index (χ0) is 32.0. The number of carbonyl (C=O) groups excluding carboxylic acids is 1. The molecule has 2 aromatic carbocycles. The maximum absolute atomic E-state index is 12.3. The van der Waals surface area contributed by atoms with Gasteiger partial charge in [-0.25, -0.2) is 4.79 Å². The summed E-state index contributed by atoms with van der Waals surface area (Å²) in [6, 6.07) is 11.9. The second-order valence-electron chi connectivity index (χ2n) is 10.9. The minimum absolute atomic E-state index is 0.0896. The molecule has 14 nitrogen and oxygen atoms in total. The second-order valence-corrected chi connectivity index (χ2v) is 10.9. The molecular formula is C30H33N7O7. The summed E-state index contributed by atoms with van der Waals surface area (Å²) in [6.45, 7) is 8.21. The number of esters is 1. The molecule has 4 rings (SSSR count). The van der Waals surface area contributed by atoms with Crippen LogP contribution >= 0.6 is 0 Å². The molecule has 0 aliphatic carbocycles. The van der Waals surface area contributed by atoms with Crippen molar-refractivity contribution in [3.63, 3.8) is 0 Å². The molecule has 44 heavy (non-hydrogen) atoms. The van der Waals surface area contributed by atoms with Gasteiger partial charge in [0.25, 0.3) is 0 Å². The maximum Gasteiger partial charge on any atom is 0.392 e. The van der Waals surface area contributed by atoms with E-state index in [2.05, 4.69) is 26.3 Å². The monoisotopic (exact) mass is 603 g/mol. The first-order valence-electron chi connectivity index (χ1n) is 13.8. The van der Waals surface area contributed by atoms with Gasteiger partial charge in [-0.2, -0.15) is 15.2 Å². The fourth-order valence-electron chi connectivity index (χ4n) is 4.23. The Kier molecular flexibility index (Phi) is 9.47. The van der Waals surface area contributed by atoms with E-state index in [0.29, 0.717) is 30.1 Å². The lowest BCUT2D eigenvalue weighted by atomic mass is 9.86. The number of carbonyl (C=O) groups is 1. The Labute approximate surface area is 254 Å². The quantitative estimate of drug-likeness (QED) is 0.185. The van der Waals surface area contributed by atoms with Crippen molar-refractivity contribution in [1.82, 2.24) is 15.3 Å². The molecule has 14 heteroatoms. The number of rotatable bonds is 11. The molecule has 0 spiro atoms. The Morgan fingerprint density at radius 1 is 1.14 bits per heavy atom. The van der Waals surface area contributed by atoms with Gasteiger partial charge in [0.2, 0.25) is 0 Å². The third-order valence-corrected chi connectivity index (χ3v) is 6.30. The van der Waals surface area contributed by atoms with Gasteiger partial charge < -0.3 is 29.2 Å². The molecule has 0 amide bonds. The number of nitro groups is 1. The lowest BCUT2D eigenvalue weighted by molar-refractivity contribution is -0.387. The molecule has 0 saturated heterocycles. The molecule has 0 atom stereocenters. The molecule has 0 bridgehead atoms. The van der Waals surface area contributed by atoms with Crippen molar-refractivity contribution in [2.45, 2.75) is 33.1 Å². The van der Waals surface area contributed by atoms with Crippen molar-refractivity contribution in [2.24, 2.45) is 4.99 Å². The van der Waals surface area contributed by atoms with Crippen molar-refractivity contribution in [2.75, 3.05) is 45.3 Å². The number of aliphatic imine (C=N–C) groups is 1. The number of ether oxygens (including phenoxy) is 4. The Morgan fingerprint density at radius 2 is 1.89 bits per heavy atom. The van der Waals surface area contributed by atoms with E-state index in [1.54, 1.807) is 31.2 Å². The molecule has 1 aliphatic rings. The summed E-state index contributed by atoms with van der Waals surface area (Å²) in [4.78, 5) is 38.3. The van der Waals surface area contributed by atoms with Gasteiger partial charge in [-0.3, -0.25) is 15.1 Å². The van der Waals surface area contributed by atoms with Gasteiger partial charge in [0.05, 0.1) is 29.7 Å². The van der Waals surface area contributed by atoms with Crippen molar-refractivity contribution < 1.29 is 28.7 Å². The first-order chi connectivity index (χ1) is 20.9. The van der Waals surface area contributed by atoms with Gasteiger partial charge in [0.1, 0.15) is 17.3 Å². The highest BCUT2D eigenvalue weighted by atomic mass is 16.6. The molecule has 2 heterocycles. The smallest absolute Gasteiger partial charge is 0.392 e. The summed E-state index contributed by atoms with van der Waals surface area (Å²) >= 11 is 0. The number of anilines is 1. The molecule has 0 fully saturated rings. The number of nitriles is 1. The van der Waals surface area contributed by atoms with E-state index in [1.807, 2.05) is 45.8 Å². The van der Waals surface area contributed by atoms with Crippen molar-refractivity contribution >= 4 is 23.2 Å². The van der Waals surface area contributed by atoms with Crippen LogP contribution in [0.5, 0.6) is 29.3 Å².